The molecular weight excluding hydrogens is 442 g/mol. The summed E-state index contributed by atoms with van der Waals surface area (Å²) in [6.45, 7) is 1.69. The average molecular weight is 467 g/mol. The van der Waals surface area contributed by atoms with Gasteiger partial charge in [0.15, 0.2) is 34.7 Å². The highest BCUT2D eigenvalue weighted by atomic mass is 16.3. The normalized spacial score (nSPS) is 37.1. The molecular formula is C25H25NO8. The number of benzene rings is 1. The van der Waals surface area contributed by atoms with Gasteiger partial charge in [-0.3, -0.25) is 24.0 Å². The van der Waals surface area contributed by atoms with Crippen molar-refractivity contribution < 1.29 is 39.3 Å². The van der Waals surface area contributed by atoms with Gasteiger partial charge in [0.05, 0.1) is 17.6 Å². The van der Waals surface area contributed by atoms with Gasteiger partial charge in [0.25, 0.3) is 0 Å². The number of nitrogens with two attached hydrogens (primary N) is 1. The monoisotopic (exact) mass is 467 g/mol. The molecule has 4 aliphatic carbocycles. The highest BCUT2D eigenvalue weighted by Gasteiger charge is 2.69. The molecule has 34 heavy (non-hydrogen) atoms. The number of phenols is 1. The van der Waals surface area contributed by atoms with E-state index >= 15 is 0 Å². The summed E-state index contributed by atoms with van der Waals surface area (Å²) in [5.74, 6) is -12.6. The first-order chi connectivity index (χ1) is 16.0. The standard InChI is InChI=1S/C25H25NO8/c1-9-11-6-7-12(10-4-2-3-5-10)19(28)16(11)21(30)18-15(9)20(29)13-8-14(27)17(24(26)33)22(31)25(13,34)23(18)32/h4,6-7,9,13,15,17-18,20,28-29,34H,2-3,5,8H2,1H3,(H2,26,33)/t9-,13+,15+,17?,18?,20+,25+/m0/s1. The number of primary amides is 1. The minimum Gasteiger partial charge on any atom is -0.507 e. The van der Waals surface area contributed by atoms with Gasteiger partial charge in [-0.05, 0) is 36.3 Å². The Hall–Kier alpha value is -3.17. The molecule has 0 bridgehead atoms. The van der Waals surface area contributed by atoms with Crippen LogP contribution in [0, 0.1) is 23.7 Å². The van der Waals surface area contributed by atoms with Crippen LogP contribution in [0.1, 0.15) is 60.0 Å². The van der Waals surface area contributed by atoms with Crippen LogP contribution < -0.4 is 5.73 Å². The number of hydrogen-bond donors (Lipinski definition) is 4. The van der Waals surface area contributed by atoms with E-state index in [9.17, 15) is 39.3 Å². The van der Waals surface area contributed by atoms with Crippen molar-refractivity contribution in [1.82, 2.24) is 0 Å². The Morgan fingerprint density at radius 3 is 2.47 bits per heavy atom. The zero-order chi connectivity index (χ0) is 24.7. The van der Waals surface area contributed by atoms with E-state index < -0.39 is 76.8 Å². The maximum atomic E-state index is 13.7. The van der Waals surface area contributed by atoms with E-state index in [1.54, 1.807) is 19.1 Å². The van der Waals surface area contributed by atoms with E-state index in [2.05, 4.69) is 0 Å². The number of aliphatic hydroxyl groups is 2. The smallest absolute Gasteiger partial charge is 0.235 e. The molecule has 0 aromatic heterocycles. The molecule has 0 heterocycles. The molecule has 178 valence electrons. The van der Waals surface area contributed by atoms with Gasteiger partial charge in [-0.1, -0.05) is 25.1 Å². The van der Waals surface area contributed by atoms with Crippen LogP contribution in [0.2, 0.25) is 0 Å². The second-order valence-electron chi connectivity index (χ2n) is 9.85. The lowest BCUT2D eigenvalue weighted by Crippen LogP contribution is -2.72. The third-order valence-corrected chi connectivity index (χ3v) is 8.25. The summed E-state index contributed by atoms with van der Waals surface area (Å²) in [4.78, 5) is 64.5. The Morgan fingerprint density at radius 2 is 1.85 bits per heavy atom. The van der Waals surface area contributed by atoms with Gasteiger partial charge in [-0.15, -0.1) is 0 Å². The summed E-state index contributed by atoms with van der Waals surface area (Å²) in [7, 11) is 0. The maximum absolute atomic E-state index is 13.7. The molecule has 0 saturated heterocycles. The lowest BCUT2D eigenvalue weighted by atomic mass is 9.50. The number of carbonyl (C=O) groups is 5. The van der Waals surface area contributed by atoms with Crippen molar-refractivity contribution in [3.63, 3.8) is 0 Å². The van der Waals surface area contributed by atoms with Crippen LogP contribution in [-0.4, -0.2) is 56.1 Å². The second kappa shape index (κ2) is 7.41. The third kappa shape index (κ3) is 2.71. The maximum Gasteiger partial charge on any atom is 0.235 e. The molecule has 5 N–H and O–H groups in total. The molecule has 1 amide bonds. The summed E-state index contributed by atoms with van der Waals surface area (Å²) < 4.78 is 0. The number of aromatic hydroxyl groups is 1. The van der Waals surface area contributed by atoms with Gasteiger partial charge in [-0.2, -0.15) is 0 Å². The Bertz CT molecular complexity index is 1220. The van der Waals surface area contributed by atoms with Gasteiger partial charge in [0, 0.05) is 23.8 Å². The van der Waals surface area contributed by atoms with E-state index in [0.29, 0.717) is 11.1 Å². The van der Waals surface area contributed by atoms with Crippen LogP contribution in [0.3, 0.4) is 0 Å². The van der Waals surface area contributed by atoms with Crippen molar-refractivity contribution in [2.45, 2.75) is 50.2 Å². The molecule has 0 aliphatic heterocycles. The van der Waals surface area contributed by atoms with Gasteiger partial charge in [-0.25, -0.2) is 0 Å². The topological polar surface area (TPSA) is 172 Å². The van der Waals surface area contributed by atoms with Gasteiger partial charge in [0.2, 0.25) is 5.91 Å². The molecule has 4 aliphatic rings. The SMILES string of the molecule is C[C@H]1c2ccc(C3=CCCC3)c(O)c2C(=O)C2C(=O)[C@]3(O)C(=O)C(C(N)=O)C(=O)C[C@@H]3[C@@H](O)[C@@H]21. The lowest BCUT2D eigenvalue weighted by Gasteiger charge is -2.52. The van der Waals surface area contributed by atoms with Crippen molar-refractivity contribution in [3.05, 3.63) is 34.9 Å². The van der Waals surface area contributed by atoms with Gasteiger partial charge < -0.3 is 21.1 Å². The van der Waals surface area contributed by atoms with Crippen LogP contribution in [0.4, 0.5) is 0 Å². The zero-order valence-electron chi connectivity index (χ0n) is 18.5. The number of rotatable bonds is 2. The van der Waals surface area contributed by atoms with Crippen molar-refractivity contribution in [2.75, 3.05) is 0 Å². The van der Waals surface area contributed by atoms with Crippen molar-refractivity contribution in [1.29, 1.82) is 0 Å². The summed E-state index contributed by atoms with van der Waals surface area (Å²) in [6, 6.07) is 3.41. The third-order valence-electron chi connectivity index (χ3n) is 8.25. The molecule has 2 saturated carbocycles. The average Bonchev–Trinajstić information content (AvgIpc) is 3.31. The molecule has 5 rings (SSSR count). The highest BCUT2D eigenvalue weighted by molar-refractivity contribution is 6.31. The number of Topliss-reactive ketones (excluding diaryl/α,β-unsaturated/α-hetero) is 4. The first-order valence-electron chi connectivity index (χ1n) is 11.4. The molecule has 9 nitrogen and oxygen atoms in total. The number of amides is 1. The fourth-order valence-corrected chi connectivity index (χ4v) is 6.53. The van der Waals surface area contributed by atoms with E-state index in [1.807, 2.05) is 6.08 Å². The minimum atomic E-state index is -2.90. The fraction of sp³-hybridized carbons (Fsp3) is 0.480. The molecule has 0 radical (unpaired) electrons. The summed E-state index contributed by atoms with van der Waals surface area (Å²) >= 11 is 0. The number of phenolic OH excluding ortho intramolecular Hbond substituents is 1. The van der Waals surface area contributed by atoms with Crippen molar-refractivity contribution >= 4 is 34.6 Å². The fourth-order valence-electron chi connectivity index (χ4n) is 6.53. The Balaban J connectivity index is 1.65. The summed E-state index contributed by atoms with van der Waals surface area (Å²) in [5, 5.41) is 33.5. The predicted molar refractivity (Wildman–Crippen MR) is 116 cm³/mol. The van der Waals surface area contributed by atoms with E-state index in [0.717, 1.165) is 24.8 Å². The first-order valence-corrected chi connectivity index (χ1v) is 11.4. The minimum absolute atomic E-state index is 0.0626. The number of aliphatic hydroxyl groups excluding tert-OH is 1. The van der Waals surface area contributed by atoms with E-state index in [4.69, 9.17) is 5.73 Å². The Labute approximate surface area is 194 Å². The zero-order valence-corrected chi connectivity index (χ0v) is 18.5. The summed E-state index contributed by atoms with van der Waals surface area (Å²) in [6.07, 6.45) is 2.33. The van der Waals surface area contributed by atoms with Crippen molar-refractivity contribution in [3.8, 4) is 5.75 Å². The molecule has 2 fully saturated rings. The van der Waals surface area contributed by atoms with Gasteiger partial charge in [0.1, 0.15) is 5.75 Å². The first kappa shape index (κ1) is 22.6. The number of fused-ring (bicyclic) bond motifs is 3. The number of ketones is 4. The van der Waals surface area contributed by atoms with Gasteiger partial charge >= 0.3 is 0 Å². The molecule has 2 unspecified atom stereocenters. The van der Waals surface area contributed by atoms with Crippen LogP contribution in [0.5, 0.6) is 5.75 Å². The van der Waals surface area contributed by atoms with Crippen LogP contribution in [0.15, 0.2) is 18.2 Å². The number of allylic oxidation sites excluding steroid dienone is 2. The Morgan fingerprint density at radius 1 is 1.15 bits per heavy atom. The molecule has 0 spiro atoms. The molecule has 1 aromatic carbocycles. The lowest BCUT2D eigenvalue weighted by molar-refractivity contribution is -0.189. The largest absolute Gasteiger partial charge is 0.507 e. The van der Waals surface area contributed by atoms with E-state index in [1.165, 1.54) is 0 Å². The molecule has 9 heteroatoms. The van der Waals surface area contributed by atoms with Crippen LogP contribution >= 0.6 is 0 Å². The Kier molecular flexibility index (Phi) is 4.93. The quantitative estimate of drug-likeness (QED) is 0.453. The number of hydrogen-bond acceptors (Lipinski definition) is 8. The molecule has 7 atom stereocenters. The molecule has 1 aromatic rings. The van der Waals surface area contributed by atoms with Crippen molar-refractivity contribution in [2.24, 2.45) is 29.4 Å². The van der Waals surface area contributed by atoms with Crippen LogP contribution in [0.25, 0.3) is 5.57 Å². The van der Waals surface area contributed by atoms with E-state index in [-0.39, 0.29) is 11.3 Å². The summed E-state index contributed by atoms with van der Waals surface area (Å²) in [5.41, 5.74) is 4.05. The van der Waals surface area contributed by atoms with Crippen LogP contribution in [-0.2, 0) is 19.2 Å². The predicted octanol–water partition coefficient (Wildman–Crippen LogP) is 0.426. The highest BCUT2D eigenvalue weighted by Crippen LogP contribution is 2.54. The second-order valence-corrected chi connectivity index (χ2v) is 9.85. The number of carbonyl (C=O) groups excluding carboxylic acids is 5.